The summed E-state index contributed by atoms with van der Waals surface area (Å²) in [6, 6.07) is 9.68. The fourth-order valence-electron chi connectivity index (χ4n) is 1.54. The highest BCUT2D eigenvalue weighted by molar-refractivity contribution is 5.39. The van der Waals surface area contributed by atoms with Crippen LogP contribution in [0.5, 0.6) is 11.6 Å². The Bertz CT molecular complexity index is 514. The Labute approximate surface area is 107 Å². The fraction of sp³-hybridized carbons (Fsp3) is 0.286. The van der Waals surface area contributed by atoms with Crippen LogP contribution in [0.3, 0.4) is 0 Å². The molecule has 1 N–H and O–H groups in total. The molecule has 0 saturated carbocycles. The Morgan fingerprint density at radius 1 is 1.22 bits per heavy atom. The number of ether oxygens (including phenoxy) is 1. The van der Waals surface area contributed by atoms with Crippen molar-refractivity contribution in [3.63, 3.8) is 0 Å². The van der Waals surface area contributed by atoms with Crippen molar-refractivity contribution in [1.29, 1.82) is 0 Å². The molecule has 0 atom stereocenters. The van der Waals surface area contributed by atoms with Crippen molar-refractivity contribution in [3.8, 4) is 11.6 Å². The van der Waals surface area contributed by atoms with Gasteiger partial charge in [0.2, 0.25) is 5.88 Å². The van der Waals surface area contributed by atoms with Crippen molar-refractivity contribution in [2.45, 2.75) is 20.3 Å². The van der Waals surface area contributed by atoms with Crippen molar-refractivity contribution in [3.05, 3.63) is 42.2 Å². The summed E-state index contributed by atoms with van der Waals surface area (Å²) in [7, 11) is 0. The summed E-state index contributed by atoms with van der Waals surface area (Å²) in [6.45, 7) is 5.03. The van der Waals surface area contributed by atoms with Crippen LogP contribution in [0.15, 0.2) is 36.7 Å². The maximum atomic E-state index is 5.69. The van der Waals surface area contributed by atoms with Gasteiger partial charge in [-0.15, -0.1) is 0 Å². The van der Waals surface area contributed by atoms with Crippen LogP contribution in [0.25, 0.3) is 0 Å². The maximum Gasteiger partial charge on any atom is 0.224 e. The Morgan fingerprint density at radius 2 is 2.11 bits per heavy atom. The molecule has 1 aromatic heterocycles. The topological polar surface area (TPSA) is 47.0 Å². The Balaban J connectivity index is 2.09. The molecule has 0 fully saturated rings. The summed E-state index contributed by atoms with van der Waals surface area (Å²) in [5.74, 6) is 2.12. The quantitative estimate of drug-likeness (QED) is 0.874. The predicted molar refractivity (Wildman–Crippen MR) is 72.1 cm³/mol. The highest BCUT2D eigenvalue weighted by Crippen LogP contribution is 2.21. The molecule has 0 spiro atoms. The Kier molecular flexibility index (Phi) is 4.12. The van der Waals surface area contributed by atoms with Crippen LogP contribution in [0.4, 0.5) is 5.82 Å². The number of rotatable bonds is 5. The first-order valence-electron chi connectivity index (χ1n) is 6.08. The molecule has 2 rings (SSSR count). The van der Waals surface area contributed by atoms with Crippen LogP contribution in [-0.2, 0) is 0 Å². The minimum Gasteiger partial charge on any atom is -0.439 e. The van der Waals surface area contributed by atoms with Crippen LogP contribution in [0.1, 0.15) is 18.9 Å². The number of hydrogen-bond donors (Lipinski definition) is 1. The molecule has 94 valence electrons. The molecule has 1 aromatic carbocycles. The molecule has 0 amide bonds. The van der Waals surface area contributed by atoms with Crippen LogP contribution in [0.2, 0.25) is 0 Å². The Morgan fingerprint density at radius 3 is 2.89 bits per heavy atom. The molecule has 2 aromatic rings. The number of aromatic nitrogens is 2. The van der Waals surface area contributed by atoms with E-state index in [1.807, 2.05) is 31.2 Å². The van der Waals surface area contributed by atoms with Gasteiger partial charge in [0, 0.05) is 12.6 Å². The molecule has 0 bridgehead atoms. The summed E-state index contributed by atoms with van der Waals surface area (Å²) in [5, 5.41) is 3.20. The van der Waals surface area contributed by atoms with Gasteiger partial charge >= 0.3 is 0 Å². The van der Waals surface area contributed by atoms with Gasteiger partial charge in [0.15, 0.2) is 0 Å². The van der Waals surface area contributed by atoms with E-state index in [-0.39, 0.29) is 0 Å². The molecule has 18 heavy (non-hydrogen) atoms. The predicted octanol–water partition coefficient (Wildman–Crippen LogP) is 3.40. The zero-order valence-corrected chi connectivity index (χ0v) is 10.7. The molecule has 0 radical (unpaired) electrons. The average molecular weight is 243 g/mol. The zero-order valence-electron chi connectivity index (χ0n) is 10.7. The highest BCUT2D eigenvalue weighted by Gasteiger charge is 2.01. The summed E-state index contributed by atoms with van der Waals surface area (Å²) < 4.78 is 5.69. The van der Waals surface area contributed by atoms with Gasteiger partial charge in [-0.2, -0.15) is 0 Å². The number of nitrogens with zero attached hydrogens (tertiary/aromatic N) is 2. The standard InChI is InChI=1S/C14H17N3O/c1-3-7-15-13-9-14(17-10-16-13)18-12-6-4-5-11(2)8-12/h4-6,8-10H,3,7H2,1-2H3,(H,15,16,17). The third kappa shape index (κ3) is 3.45. The van der Waals surface area contributed by atoms with Crippen molar-refractivity contribution in [2.24, 2.45) is 0 Å². The molecule has 4 nitrogen and oxygen atoms in total. The van der Waals surface area contributed by atoms with Crippen LogP contribution >= 0.6 is 0 Å². The molecule has 1 heterocycles. The lowest BCUT2D eigenvalue weighted by Crippen LogP contribution is -2.02. The first-order valence-corrected chi connectivity index (χ1v) is 6.08. The maximum absolute atomic E-state index is 5.69. The van der Waals surface area contributed by atoms with Gasteiger partial charge in [-0.05, 0) is 31.0 Å². The van der Waals surface area contributed by atoms with Gasteiger partial charge in [0.1, 0.15) is 17.9 Å². The first kappa shape index (κ1) is 12.4. The number of nitrogens with one attached hydrogen (secondary N) is 1. The van der Waals surface area contributed by atoms with E-state index < -0.39 is 0 Å². The number of anilines is 1. The second-order valence-corrected chi connectivity index (χ2v) is 4.09. The summed E-state index contributed by atoms with van der Waals surface area (Å²) in [4.78, 5) is 8.23. The fourth-order valence-corrected chi connectivity index (χ4v) is 1.54. The van der Waals surface area contributed by atoms with Crippen molar-refractivity contribution >= 4 is 5.82 Å². The van der Waals surface area contributed by atoms with Crippen molar-refractivity contribution < 1.29 is 4.74 Å². The second kappa shape index (κ2) is 6.00. The lowest BCUT2D eigenvalue weighted by atomic mass is 10.2. The third-order valence-corrected chi connectivity index (χ3v) is 2.41. The molecule has 0 aliphatic carbocycles. The highest BCUT2D eigenvalue weighted by atomic mass is 16.5. The molecule has 0 unspecified atom stereocenters. The van der Waals surface area contributed by atoms with Gasteiger partial charge in [0.25, 0.3) is 0 Å². The largest absolute Gasteiger partial charge is 0.439 e. The SMILES string of the molecule is CCCNc1cc(Oc2cccc(C)c2)ncn1. The normalized spacial score (nSPS) is 10.1. The van der Waals surface area contributed by atoms with Crippen molar-refractivity contribution in [2.75, 3.05) is 11.9 Å². The molecule has 0 aliphatic rings. The summed E-state index contributed by atoms with van der Waals surface area (Å²) in [6.07, 6.45) is 2.56. The molecule has 4 heteroatoms. The average Bonchev–Trinajstić information content (AvgIpc) is 2.37. The summed E-state index contributed by atoms with van der Waals surface area (Å²) in [5.41, 5.74) is 1.16. The van der Waals surface area contributed by atoms with Crippen LogP contribution in [-0.4, -0.2) is 16.5 Å². The van der Waals surface area contributed by atoms with E-state index in [1.54, 1.807) is 6.07 Å². The third-order valence-electron chi connectivity index (χ3n) is 2.41. The minimum atomic E-state index is 0.550. The lowest BCUT2D eigenvalue weighted by Gasteiger charge is -2.07. The van der Waals surface area contributed by atoms with Crippen LogP contribution in [0, 0.1) is 6.92 Å². The van der Waals surface area contributed by atoms with Gasteiger partial charge in [-0.3, -0.25) is 0 Å². The van der Waals surface area contributed by atoms with Crippen LogP contribution < -0.4 is 10.1 Å². The van der Waals surface area contributed by atoms with Gasteiger partial charge < -0.3 is 10.1 Å². The second-order valence-electron chi connectivity index (χ2n) is 4.09. The van der Waals surface area contributed by atoms with Crippen molar-refractivity contribution in [1.82, 2.24) is 9.97 Å². The van der Waals surface area contributed by atoms with E-state index in [9.17, 15) is 0 Å². The minimum absolute atomic E-state index is 0.550. The van der Waals surface area contributed by atoms with E-state index in [1.165, 1.54) is 6.33 Å². The van der Waals surface area contributed by atoms with E-state index >= 15 is 0 Å². The molecular formula is C14H17N3O. The van der Waals surface area contributed by atoms with Gasteiger partial charge in [-0.1, -0.05) is 19.1 Å². The lowest BCUT2D eigenvalue weighted by molar-refractivity contribution is 0.461. The van der Waals surface area contributed by atoms with E-state index in [4.69, 9.17) is 4.74 Å². The Hall–Kier alpha value is -2.10. The number of hydrogen-bond acceptors (Lipinski definition) is 4. The van der Waals surface area contributed by atoms with E-state index in [0.29, 0.717) is 5.88 Å². The number of aryl methyl sites for hydroxylation is 1. The van der Waals surface area contributed by atoms with E-state index in [2.05, 4.69) is 22.2 Å². The zero-order chi connectivity index (χ0) is 12.8. The molecule has 0 aliphatic heterocycles. The monoisotopic (exact) mass is 243 g/mol. The number of benzene rings is 1. The summed E-state index contributed by atoms with van der Waals surface area (Å²) >= 11 is 0. The first-order chi connectivity index (χ1) is 8.78. The van der Waals surface area contributed by atoms with E-state index in [0.717, 1.165) is 30.1 Å². The van der Waals surface area contributed by atoms with Gasteiger partial charge in [-0.25, -0.2) is 9.97 Å². The smallest absolute Gasteiger partial charge is 0.224 e. The molecular weight excluding hydrogens is 226 g/mol. The van der Waals surface area contributed by atoms with Gasteiger partial charge in [0.05, 0.1) is 0 Å². The molecule has 0 saturated heterocycles.